The first kappa shape index (κ1) is 18.7. The molecule has 10 heteroatoms. The molecule has 3 aromatic heterocycles. The number of pyridine rings is 1. The standard InChI is InChI=1S/C19H14FN5O3S/c1-24-15-12(17(27)25(2)19(24)28)6-7-13(21-15)16(26)23-18-22-14(9-29-18)10-4-3-5-11(20)8-10/h3-9H,1-2H3,(H,22,23,26). The number of fused-ring (bicyclic) bond motifs is 1. The molecular formula is C19H14FN5O3S. The average Bonchev–Trinajstić information content (AvgIpc) is 3.18. The summed E-state index contributed by atoms with van der Waals surface area (Å²) in [7, 11) is 2.86. The predicted octanol–water partition coefficient (Wildman–Crippen LogP) is 2.15. The first-order chi connectivity index (χ1) is 13.8. The second kappa shape index (κ2) is 7.06. The summed E-state index contributed by atoms with van der Waals surface area (Å²) in [5.41, 5.74) is 0.251. The molecule has 0 bridgehead atoms. The number of benzene rings is 1. The Morgan fingerprint density at radius 2 is 1.90 bits per heavy atom. The first-order valence-corrected chi connectivity index (χ1v) is 9.32. The van der Waals surface area contributed by atoms with E-state index in [9.17, 15) is 18.8 Å². The maximum Gasteiger partial charge on any atom is 0.332 e. The van der Waals surface area contributed by atoms with Crippen molar-refractivity contribution in [3.8, 4) is 11.3 Å². The monoisotopic (exact) mass is 411 g/mol. The van der Waals surface area contributed by atoms with Crippen molar-refractivity contribution in [2.75, 3.05) is 5.32 Å². The van der Waals surface area contributed by atoms with Gasteiger partial charge < -0.3 is 0 Å². The van der Waals surface area contributed by atoms with Gasteiger partial charge in [-0.1, -0.05) is 12.1 Å². The van der Waals surface area contributed by atoms with Crippen molar-refractivity contribution in [1.29, 1.82) is 0 Å². The normalized spacial score (nSPS) is 11.0. The van der Waals surface area contributed by atoms with E-state index in [-0.39, 0.29) is 22.5 Å². The molecule has 0 saturated carbocycles. The van der Waals surface area contributed by atoms with E-state index in [2.05, 4.69) is 15.3 Å². The maximum absolute atomic E-state index is 13.4. The van der Waals surface area contributed by atoms with E-state index < -0.39 is 17.2 Å². The molecule has 4 rings (SSSR count). The number of aryl methyl sites for hydroxylation is 1. The molecule has 0 radical (unpaired) electrons. The number of nitrogens with zero attached hydrogens (tertiary/aromatic N) is 4. The van der Waals surface area contributed by atoms with Crippen LogP contribution in [0.3, 0.4) is 0 Å². The van der Waals surface area contributed by atoms with E-state index in [1.54, 1.807) is 17.5 Å². The predicted molar refractivity (Wildman–Crippen MR) is 108 cm³/mol. The number of halogens is 1. The molecule has 0 aliphatic carbocycles. The van der Waals surface area contributed by atoms with Gasteiger partial charge in [-0.3, -0.25) is 24.0 Å². The third-order valence-electron chi connectivity index (χ3n) is 4.38. The number of hydrogen-bond donors (Lipinski definition) is 1. The van der Waals surface area contributed by atoms with Crippen LogP contribution in [0.4, 0.5) is 9.52 Å². The Balaban J connectivity index is 1.65. The fourth-order valence-electron chi connectivity index (χ4n) is 2.85. The molecule has 146 valence electrons. The lowest BCUT2D eigenvalue weighted by atomic mass is 10.2. The van der Waals surface area contributed by atoms with Gasteiger partial charge in [0.05, 0.1) is 11.1 Å². The van der Waals surface area contributed by atoms with Gasteiger partial charge in [0.1, 0.15) is 17.2 Å². The lowest BCUT2D eigenvalue weighted by molar-refractivity contribution is 0.102. The Morgan fingerprint density at radius 3 is 2.66 bits per heavy atom. The minimum Gasteiger partial charge on any atom is -0.296 e. The molecule has 0 aliphatic rings. The van der Waals surface area contributed by atoms with E-state index in [0.717, 1.165) is 4.57 Å². The summed E-state index contributed by atoms with van der Waals surface area (Å²) >= 11 is 1.19. The van der Waals surface area contributed by atoms with Crippen molar-refractivity contribution in [2.45, 2.75) is 0 Å². The van der Waals surface area contributed by atoms with Gasteiger partial charge in [-0.15, -0.1) is 11.3 Å². The summed E-state index contributed by atoms with van der Waals surface area (Å²) < 4.78 is 15.6. The average molecular weight is 411 g/mol. The second-order valence-corrected chi connectivity index (χ2v) is 7.13. The maximum atomic E-state index is 13.4. The van der Waals surface area contributed by atoms with Gasteiger partial charge in [-0.05, 0) is 24.3 Å². The van der Waals surface area contributed by atoms with Gasteiger partial charge in [0, 0.05) is 25.0 Å². The highest BCUT2D eigenvalue weighted by atomic mass is 32.1. The fraction of sp³-hybridized carbons (Fsp3) is 0.105. The zero-order valence-electron chi connectivity index (χ0n) is 15.3. The van der Waals surface area contributed by atoms with Crippen LogP contribution in [0.2, 0.25) is 0 Å². The lowest BCUT2D eigenvalue weighted by Crippen LogP contribution is -2.37. The number of nitrogens with one attached hydrogen (secondary N) is 1. The van der Waals surface area contributed by atoms with E-state index in [0.29, 0.717) is 16.4 Å². The fourth-order valence-corrected chi connectivity index (χ4v) is 3.57. The molecule has 29 heavy (non-hydrogen) atoms. The van der Waals surface area contributed by atoms with Crippen LogP contribution in [0.5, 0.6) is 0 Å². The highest BCUT2D eigenvalue weighted by Gasteiger charge is 2.15. The molecule has 1 amide bonds. The molecule has 0 aliphatic heterocycles. The number of thiazole rings is 1. The van der Waals surface area contributed by atoms with E-state index in [4.69, 9.17) is 0 Å². The molecule has 1 aromatic carbocycles. The largest absolute Gasteiger partial charge is 0.332 e. The van der Waals surface area contributed by atoms with Gasteiger partial charge in [0.25, 0.3) is 11.5 Å². The van der Waals surface area contributed by atoms with E-state index in [1.807, 2.05) is 0 Å². The van der Waals surface area contributed by atoms with E-state index in [1.165, 1.54) is 54.3 Å². The van der Waals surface area contributed by atoms with Gasteiger partial charge in [-0.25, -0.2) is 19.2 Å². The zero-order chi connectivity index (χ0) is 20.7. The summed E-state index contributed by atoms with van der Waals surface area (Å²) in [6, 6.07) is 8.85. The second-order valence-electron chi connectivity index (χ2n) is 6.28. The highest BCUT2D eigenvalue weighted by Crippen LogP contribution is 2.25. The van der Waals surface area contributed by atoms with Crippen molar-refractivity contribution in [3.05, 3.63) is 74.1 Å². The van der Waals surface area contributed by atoms with Gasteiger partial charge in [-0.2, -0.15) is 0 Å². The number of carbonyl (C=O) groups excluding carboxylic acids is 1. The Morgan fingerprint density at radius 1 is 1.10 bits per heavy atom. The van der Waals surface area contributed by atoms with Gasteiger partial charge in [0.2, 0.25) is 0 Å². The van der Waals surface area contributed by atoms with Crippen LogP contribution in [0.25, 0.3) is 22.3 Å². The summed E-state index contributed by atoms with van der Waals surface area (Å²) in [4.78, 5) is 45.3. The smallest absolute Gasteiger partial charge is 0.296 e. The number of anilines is 1. The Kier molecular flexibility index (Phi) is 4.55. The third kappa shape index (κ3) is 3.34. The number of carbonyl (C=O) groups is 1. The molecule has 1 N–H and O–H groups in total. The number of aromatic nitrogens is 4. The molecule has 0 spiro atoms. The van der Waals surface area contributed by atoms with Crippen LogP contribution in [-0.2, 0) is 14.1 Å². The zero-order valence-corrected chi connectivity index (χ0v) is 16.2. The van der Waals surface area contributed by atoms with E-state index >= 15 is 0 Å². The van der Waals surface area contributed by atoms with Crippen molar-refractivity contribution < 1.29 is 9.18 Å². The first-order valence-electron chi connectivity index (χ1n) is 8.45. The van der Waals surface area contributed by atoms with Crippen molar-refractivity contribution >= 4 is 33.4 Å². The topological polar surface area (TPSA) is 98.9 Å². The van der Waals surface area contributed by atoms with Crippen LogP contribution < -0.4 is 16.6 Å². The highest BCUT2D eigenvalue weighted by molar-refractivity contribution is 7.14. The number of rotatable bonds is 3. The molecule has 0 saturated heterocycles. The number of hydrogen-bond acceptors (Lipinski definition) is 6. The Labute approximate surface area is 166 Å². The van der Waals surface area contributed by atoms with Crippen LogP contribution in [0.1, 0.15) is 10.5 Å². The molecule has 8 nitrogen and oxygen atoms in total. The van der Waals surface area contributed by atoms with Crippen LogP contribution in [-0.4, -0.2) is 25.0 Å². The van der Waals surface area contributed by atoms with Crippen molar-refractivity contribution in [1.82, 2.24) is 19.1 Å². The molecule has 3 heterocycles. The van der Waals surface area contributed by atoms with Crippen molar-refractivity contribution in [3.63, 3.8) is 0 Å². The summed E-state index contributed by atoms with van der Waals surface area (Å²) in [6.45, 7) is 0. The Hall–Kier alpha value is -3.66. The summed E-state index contributed by atoms with van der Waals surface area (Å²) in [5.74, 6) is -0.918. The molecule has 0 atom stereocenters. The summed E-state index contributed by atoms with van der Waals surface area (Å²) in [6.07, 6.45) is 0. The molecule has 0 unspecified atom stereocenters. The Bertz CT molecular complexity index is 1390. The SMILES string of the molecule is Cn1c(=O)c2ccc(C(=O)Nc3nc(-c4cccc(F)c4)cs3)nc2n(C)c1=O. The van der Waals surface area contributed by atoms with Crippen LogP contribution >= 0.6 is 11.3 Å². The van der Waals surface area contributed by atoms with Crippen molar-refractivity contribution in [2.24, 2.45) is 14.1 Å². The summed E-state index contributed by atoms with van der Waals surface area (Å²) in [5, 5.41) is 4.87. The van der Waals surface area contributed by atoms with Gasteiger partial charge in [0.15, 0.2) is 5.13 Å². The minimum absolute atomic E-state index is 0.0308. The van der Waals surface area contributed by atoms with Crippen LogP contribution in [0, 0.1) is 5.82 Å². The lowest BCUT2D eigenvalue weighted by Gasteiger charge is -2.08. The third-order valence-corrected chi connectivity index (χ3v) is 5.14. The number of amides is 1. The van der Waals surface area contributed by atoms with Gasteiger partial charge >= 0.3 is 5.69 Å². The van der Waals surface area contributed by atoms with Crippen LogP contribution in [0.15, 0.2) is 51.4 Å². The molecule has 4 aromatic rings. The molecule has 0 fully saturated rings. The molecular weight excluding hydrogens is 397 g/mol. The quantitative estimate of drug-likeness (QED) is 0.557. The minimum atomic E-state index is -0.542.